The molecule has 1 aromatic heterocycles. The second-order valence-corrected chi connectivity index (χ2v) is 5.74. The maximum Gasteiger partial charge on any atom is 0.412 e. The number of nitrogens with one attached hydrogen (secondary N) is 2. The lowest BCUT2D eigenvalue weighted by atomic mass is 10.1. The molecule has 0 fully saturated rings. The number of aromatic amines is 1. The average Bonchev–Trinajstić information content (AvgIpc) is 2.77. The molecule has 2 rings (SSSR count). The van der Waals surface area contributed by atoms with Crippen molar-refractivity contribution in [1.82, 2.24) is 4.98 Å². The first-order valence-corrected chi connectivity index (χ1v) is 6.55. The van der Waals surface area contributed by atoms with Gasteiger partial charge in [-0.25, -0.2) is 9.59 Å². The van der Waals surface area contributed by atoms with E-state index in [4.69, 9.17) is 4.74 Å². The van der Waals surface area contributed by atoms with Crippen molar-refractivity contribution < 1.29 is 24.2 Å². The Morgan fingerprint density at radius 1 is 1.32 bits per heavy atom. The number of fused-ring (bicyclic) bond motifs is 1. The highest BCUT2D eigenvalue weighted by molar-refractivity contribution is 6.11. The highest BCUT2D eigenvalue weighted by Gasteiger charge is 2.19. The van der Waals surface area contributed by atoms with E-state index >= 15 is 0 Å². The molecule has 3 N–H and O–H groups in total. The number of rotatable bonds is 3. The fourth-order valence-electron chi connectivity index (χ4n) is 2.05. The zero-order valence-corrected chi connectivity index (χ0v) is 12.4. The Morgan fingerprint density at radius 2 is 2.00 bits per heavy atom. The van der Waals surface area contributed by atoms with Crippen LogP contribution in [0.1, 0.15) is 41.5 Å². The van der Waals surface area contributed by atoms with E-state index in [-0.39, 0.29) is 16.8 Å². The Hall–Kier alpha value is -2.83. The van der Waals surface area contributed by atoms with Crippen LogP contribution in [0.4, 0.5) is 10.5 Å². The number of carbonyl (C=O) groups is 3. The standard InChI is InChI=1S/C15H16N2O5/c1-15(2,3)22-14(21)17-9-4-10(13(19)20)12-8(7-18)6-16-11(12)5-9/h4-7,16H,1-3H3,(H,17,21)(H,19,20). The van der Waals surface area contributed by atoms with E-state index < -0.39 is 17.7 Å². The topological polar surface area (TPSA) is 108 Å². The Balaban J connectivity index is 2.42. The van der Waals surface area contributed by atoms with Crippen LogP contribution in [0.3, 0.4) is 0 Å². The summed E-state index contributed by atoms with van der Waals surface area (Å²) in [5.41, 5.74) is 0.204. The Kier molecular flexibility index (Phi) is 3.90. The van der Waals surface area contributed by atoms with Crippen LogP contribution in [-0.2, 0) is 4.74 Å². The zero-order valence-electron chi connectivity index (χ0n) is 12.4. The highest BCUT2D eigenvalue weighted by Crippen LogP contribution is 2.26. The van der Waals surface area contributed by atoms with Crippen LogP contribution in [-0.4, -0.2) is 34.0 Å². The minimum absolute atomic E-state index is 0.0769. The molecule has 1 heterocycles. The fourth-order valence-corrected chi connectivity index (χ4v) is 2.05. The van der Waals surface area contributed by atoms with Crippen LogP contribution in [0.2, 0.25) is 0 Å². The minimum Gasteiger partial charge on any atom is -0.478 e. The summed E-state index contributed by atoms with van der Waals surface area (Å²) >= 11 is 0. The lowest BCUT2D eigenvalue weighted by molar-refractivity contribution is 0.0633. The summed E-state index contributed by atoms with van der Waals surface area (Å²) in [6.07, 6.45) is 1.30. The first-order chi connectivity index (χ1) is 10.2. The molecule has 7 nitrogen and oxygen atoms in total. The third-order valence-electron chi connectivity index (χ3n) is 2.81. The van der Waals surface area contributed by atoms with Crippen molar-refractivity contribution in [2.24, 2.45) is 0 Å². The summed E-state index contributed by atoms with van der Waals surface area (Å²) in [4.78, 5) is 36.9. The maximum atomic E-state index is 11.8. The highest BCUT2D eigenvalue weighted by atomic mass is 16.6. The van der Waals surface area contributed by atoms with E-state index in [0.717, 1.165) is 0 Å². The number of ether oxygens (including phenoxy) is 1. The summed E-state index contributed by atoms with van der Waals surface area (Å²) in [6, 6.07) is 2.83. The van der Waals surface area contributed by atoms with Crippen molar-refractivity contribution in [3.63, 3.8) is 0 Å². The summed E-state index contributed by atoms with van der Waals surface area (Å²) in [6.45, 7) is 5.17. The molecule has 0 aliphatic rings. The van der Waals surface area contributed by atoms with E-state index in [1.54, 1.807) is 26.8 Å². The monoisotopic (exact) mass is 304 g/mol. The molecule has 1 aromatic carbocycles. The van der Waals surface area contributed by atoms with Crippen molar-refractivity contribution in [2.75, 3.05) is 5.32 Å². The van der Waals surface area contributed by atoms with Crippen molar-refractivity contribution in [3.8, 4) is 0 Å². The van der Waals surface area contributed by atoms with Gasteiger partial charge in [0, 0.05) is 28.4 Å². The van der Waals surface area contributed by atoms with Crippen LogP contribution in [0, 0.1) is 0 Å². The van der Waals surface area contributed by atoms with Gasteiger partial charge in [0.2, 0.25) is 0 Å². The predicted molar refractivity (Wildman–Crippen MR) is 80.5 cm³/mol. The molecule has 0 unspecified atom stereocenters. The lowest BCUT2D eigenvalue weighted by Crippen LogP contribution is -2.27. The number of H-pyrrole nitrogens is 1. The van der Waals surface area contributed by atoms with Crippen LogP contribution in [0.15, 0.2) is 18.3 Å². The molecule has 0 bridgehead atoms. The summed E-state index contributed by atoms with van der Waals surface area (Å²) < 4.78 is 5.12. The molecule has 116 valence electrons. The van der Waals surface area contributed by atoms with Crippen molar-refractivity contribution >= 4 is 34.9 Å². The van der Waals surface area contributed by atoms with Gasteiger partial charge in [0.1, 0.15) is 5.60 Å². The summed E-state index contributed by atoms with van der Waals surface area (Å²) in [5.74, 6) is -1.19. The molecule has 0 aliphatic carbocycles. The number of amides is 1. The van der Waals surface area contributed by atoms with E-state index in [1.807, 2.05) is 0 Å². The molecule has 0 saturated carbocycles. The normalized spacial score (nSPS) is 11.2. The molecular formula is C15H16N2O5. The molecule has 0 aliphatic heterocycles. The van der Waals surface area contributed by atoms with Gasteiger partial charge in [-0.3, -0.25) is 10.1 Å². The molecule has 22 heavy (non-hydrogen) atoms. The Morgan fingerprint density at radius 3 is 2.55 bits per heavy atom. The Labute approximate surface area is 126 Å². The zero-order chi connectivity index (χ0) is 16.5. The number of hydrogen-bond acceptors (Lipinski definition) is 4. The third-order valence-corrected chi connectivity index (χ3v) is 2.81. The number of carbonyl (C=O) groups excluding carboxylic acids is 2. The number of carboxylic acids is 1. The van der Waals surface area contributed by atoms with E-state index in [0.29, 0.717) is 17.2 Å². The van der Waals surface area contributed by atoms with Crippen molar-refractivity contribution in [3.05, 3.63) is 29.5 Å². The quantitative estimate of drug-likeness (QED) is 0.755. The number of carboxylic acid groups (broad SMARTS) is 1. The van der Waals surface area contributed by atoms with Gasteiger partial charge in [-0.2, -0.15) is 0 Å². The van der Waals surface area contributed by atoms with Crippen LogP contribution < -0.4 is 5.32 Å². The largest absolute Gasteiger partial charge is 0.478 e. The SMILES string of the molecule is CC(C)(C)OC(=O)Nc1cc(C(=O)O)c2c(C=O)c[nH]c2c1. The van der Waals surface area contributed by atoms with Gasteiger partial charge in [-0.1, -0.05) is 0 Å². The summed E-state index contributed by atoms with van der Waals surface area (Å²) in [5, 5.41) is 12.1. The smallest absolute Gasteiger partial charge is 0.412 e. The average molecular weight is 304 g/mol. The number of aromatic nitrogens is 1. The first-order valence-electron chi connectivity index (χ1n) is 6.55. The summed E-state index contributed by atoms with van der Waals surface area (Å²) in [7, 11) is 0. The van der Waals surface area contributed by atoms with Crippen molar-refractivity contribution in [1.29, 1.82) is 0 Å². The molecule has 0 spiro atoms. The van der Waals surface area contributed by atoms with Gasteiger partial charge in [-0.15, -0.1) is 0 Å². The van der Waals surface area contributed by atoms with E-state index in [9.17, 15) is 19.5 Å². The number of anilines is 1. The van der Waals surface area contributed by atoms with Gasteiger partial charge < -0.3 is 14.8 Å². The van der Waals surface area contributed by atoms with Crippen LogP contribution >= 0.6 is 0 Å². The molecular weight excluding hydrogens is 288 g/mol. The maximum absolute atomic E-state index is 11.8. The molecule has 0 saturated heterocycles. The molecule has 2 aromatic rings. The van der Waals surface area contributed by atoms with Gasteiger partial charge in [0.05, 0.1) is 5.56 Å². The Bertz CT molecular complexity index is 755. The van der Waals surface area contributed by atoms with Crippen LogP contribution in [0.25, 0.3) is 10.9 Å². The number of hydrogen-bond donors (Lipinski definition) is 3. The van der Waals surface area contributed by atoms with Gasteiger partial charge in [0.15, 0.2) is 6.29 Å². The second-order valence-electron chi connectivity index (χ2n) is 5.74. The van der Waals surface area contributed by atoms with Crippen molar-refractivity contribution in [2.45, 2.75) is 26.4 Å². The molecule has 0 atom stereocenters. The predicted octanol–water partition coefficient (Wildman–Crippen LogP) is 3.03. The second kappa shape index (κ2) is 5.51. The van der Waals surface area contributed by atoms with Gasteiger partial charge in [-0.05, 0) is 32.9 Å². The third kappa shape index (κ3) is 3.25. The van der Waals surface area contributed by atoms with Gasteiger partial charge in [0.25, 0.3) is 0 Å². The number of benzene rings is 1. The van der Waals surface area contributed by atoms with E-state index in [1.165, 1.54) is 12.3 Å². The van der Waals surface area contributed by atoms with E-state index in [2.05, 4.69) is 10.3 Å². The molecule has 7 heteroatoms. The molecule has 0 radical (unpaired) electrons. The molecule has 1 amide bonds. The fraction of sp³-hybridized carbons (Fsp3) is 0.267. The van der Waals surface area contributed by atoms with Gasteiger partial charge >= 0.3 is 12.1 Å². The van der Waals surface area contributed by atoms with Crippen LogP contribution in [0.5, 0.6) is 0 Å². The number of aromatic carboxylic acids is 1. The minimum atomic E-state index is -1.19. The lowest BCUT2D eigenvalue weighted by Gasteiger charge is -2.19. The number of aldehydes is 1. The first kappa shape index (κ1) is 15.6.